The number of nitrogens with one attached hydrogen (secondary N) is 1. The number of guanidine groups is 1. The zero-order chi connectivity index (χ0) is 13.4. The first-order valence-electron chi connectivity index (χ1n) is 6.04. The average molecular weight is 426 g/mol. The molecule has 3 aliphatic heterocycles. The van der Waals surface area contributed by atoms with Crippen molar-refractivity contribution in [2.45, 2.75) is 24.7 Å². The van der Waals surface area contributed by atoms with Gasteiger partial charge in [0.05, 0.1) is 4.47 Å². The third-order valence-corrected chi connectivity index (χ3v) is 6.04. The highest BCUT2D eigenvalue weighted by Crippen LogP contribution is 2.47. The van der Waals surface area contributed by atoms with Gasteiger partial charge in [-0.05, 0) is 50.8 Å². The van der Waals surface area contributed by atoms with Crippen LogP contribution in [0.4, 0.5) is 0 Å². The van der Waals surface area contributed by atoms with Crippen LogP contribution in [0.25, 0.3) is 0 Å². The molecule has 0 unspecified atom stereocenters. The molecule has 0 aliphatic carbocycles. The molecule has 2 atom stereocenters. The smallest absolute Gasteiger partial charge is 0.272 e. The summed E-state index contributed by atoms with van der Waals surface area (Å²) in [5.41, 5.74) is 6.01. The Morgan fingerprint density at radius 1 is 1.50 bits per heavy atom. The number of halogens is 3. The number of aliphatic imine (C=N–C) groups is 1. The zero-order valence-corrected chi connectivity index (χ0v) is 14.3. The maximum absolute atomic E-state index is 12.6. The number of hydrogen-bond donors (Lipinski definition) is 2. The van der Waals surface area contributed by atoms with Crippen molar-refractivity contribution < 1.29 is 4.79 Å². The Bertz CT molecular complexity index is 645. The second-order valence-electron chi connectivity index (χ2n) is 5.04. The topological polar surface area (TPSA) is 75.6 Å². The predicted molar refractivity (Wildman–Crippen MR) is 83.9 cm³/mol. The lowest BCUT2D eigenvalue weighted by Crippen LogP contribution is -2.63. The molecule has 108 valence electrons. The molecule has 0 radical (unpaired) electrons. The molecule has 6 nitrogen and oxygen atoms in total. The van der Waals surface area contributed by atoms with Crippen molar-refractivity contribution in [3.05, 3.63) is 20.8 Å². The standard InChI is InChI=1S/C11H11Br2N5O.ClH/c12-5-4-6-8(19)17-3-1-2-11(17)9(15-10(14)16-11)18(6)7(5)13;/h4,9H,1-3H2,(H3,14,15,16);1H/t9-,11+;/m0./s1. The first-order valence-corrected chi connectivity index (χ1v) is 7.63. The number of nitrogens with zero attached hydrogens (tertiary/aromatic N) is 3. The minimum absolute atomic E-state index is 0. The van der Waals surface area contributed by atoms with Gasteiger partial charge >= 0.3 is 0 Å². The summed E-state index contributed by atoms with van der Waals surface area (Å²) < 4.78 is 3.60. The van der Waals surface area contributed by atoms with E-state index in [-0.39, 0.29) is 24.5 Å². The first kappa shape index (κ1) is 14.2. The molecule has 1 amide bonds. The van der Waals surface area contributed by atoms with Crippen LogP contribution in [0.5, 0.6) is 0 Å². The summed E-state index contributed by atoms with van der Waals surface area (Å²) in [6.45, 7) is 0.742. The van der Waals surface area contributed by atoms with Crippen molar-refractivity contribution in [2.24, 2.45) is 10.7 Å². The molecule has 20 heavy (non-hydrogen) atoms. The van der Waals surface area contributed by atoms with Crippen LogP contribution in [-0.2, 0) is 0 Å². The lowest BCUT2D eigenvalue weighted by molar-refractivity contribution is 0.0323. The molecular formula is C11H12Br2ClN5O. The van der Waals surface area contributed by atoms with Crippen LogP contribution >= 0.6 is 44.3 Å². The molecule has 0 aromatic carbocycles. The molecular weight excluding hydrogens is 413 g/mol. The van der Waals surface area contributed by atoms with Gasteiger partial charge in [0.1, 0.15) is 10.3 Å². The quantitative estimate of drug-likeness (QED) is 0.666. The molecule has 1 spiro atoms. The van der Waals surface area contributed by atoms with Gasteiger partial charge in [0.15, 0.2) is 17.8 Å². The number of carbonyl (C=O) groups excluding carboxylic acids is 1. The number of amides is 1. The molecule has 9 heteroatoms. The maximum atomic E-state index is 12.6. The maximum Gasteiger partial charge on any atom is 0.272 e. The van der Waals surface area contributed by atoms with Gasteiger partial charge in [0.2, 0.25) is 0 Å². The number of rotatable bonds is 0. The average Bonchev–Trinajstić information content (AvgIpc) is 2.99. The first-order chi connectivity index (χ1) is 9.04. The molecule has 1 aromatic heterocycles. The number of nitrogens with two attached hydrogens (primary N) is 1. The minimum Gasteiger partial charge on any atom is -0.370 e. The summed E-state index contributed by atoms with van der Waals surface area (Å²) in [6.07, 6.45) is 1.61. The molecule has 3 N–H and O–H groups in total. The van der Waals surface area contributed by atoms with Crippen molar-refractivity contribution in [1.29, 1.82) is 0 Å². The Balaban J connectivity index is 0.00000121. The van der Waals surface area contributed by atoms with Crippen LogP contribution < -0.4 is 11.1 Å². The van der Waals surface area contributed by atoms with Crippen LogP contribution in [-0.4, -0.2) is 33.5 Å². The van der Waals surface area contributed by atoms with Gasteiger partial charge < -0.3 is 20.5 Å². The third kappa shape index (κ3) is 1.50. The molecule has 0 bridgehead atoms. The highest BCUT2D eigenvalue weighted by molar-refractivity contribution is 9.13. The van der Waals surface area contributed by atoms with Gasteiger partial charge in [0, 0.05) is 6.54 Å². The van der Waals surface area contributed by atoms with Crippen molar-refractivity contribution >= 4 is 56.1 Å². The van der Waals surface area contributed by atoms with E-state index in [9.17, 15) is 4.79 Å². The van der Waals surface area contributed by atoms with Crippen LogP contribution in [0.15, 0.2) is 20.1 Å². The second-order valence-corrected chi connectivity index (χ2v) is 6.64. The van der Waals surface area contributed by atoms with Gasteiger partial charge in [-0.2, -0.15) is 0 Å². The van der Waals surface area contributed by atoms with Gasteiger partial charge in [0.25, 0.3) is 5.91 Å². The third-order valence-electron chi connectivity index (χ3n) is 4.09. The summed E-state index contributed by atoms with van der Waals surface area (Å²) in [7, 11) is 0. The lowest BCUT2D eigenvalue weighted by atomic mass is 10.0. The molecule has 1 saturated heterocycles. The van der Waals surface area contributed by atoms with Crippen LogP contribution in [0, 0.1) is 0 Å². The fourth-order valence-corrected chi connectivity index (χ4v) is 4.27. The van der Waals surface area contributed by atoms with E-state index in [1.807, 2.05) is 15.5 Å². The zero-order valence-electron chi connectivity index (χ0n) is 10.3. The van der Waals surface area contributed by atoms with Crippen LogP contribution in [0.2, 0.25) is 0 Å². The van der Waals surface area contributed by atoms with Gasteiger partial charge in [-0.25, -0.2) is 4.99 Å². The van der Waals surface area contributed by atoms with Crippen LogP contribution in [0.3, 0.4) is 0 Å². The second kappa shape index (κ2) is 4.38. The summed E-state index contributed by atoms with van der Waals surface area (Å²) in [6, 6.07) is 1.83. The molecule has 1 fully saturated rings. The Hall–Kier alpha value is -0.730. The Kier molecular flexibility index (Phi) is 3.11. The van der Waals surface area contributed by atoms with E-state index in [0.717, 1.165) is 28.5 Å². The van der Waals surface area contributed by atoms with Gasteiger partial charge in [-0.3, -0.25) is 4.79 Å². The van der Waals surface area contributed by atoms with E-state index < -0.39 is 5.66 Å². The normalized spacial score (nSPS) is 30.1. The number of hydrogen-bond acceptors (Lipinski definition) is 4. The largest absolute Gasteiger partial charge is 0.370 e. The molecule has 3 aliphatic rings. The Morgan fingerprint density at radius 3 is 3.00 bits per heavy atom. The number of fused-ring (bicyclic) bond motifs is 2. The van der Waals surface area contributed by atoms with Gasteiger partial charge in [-0.15, -0.1) is 12.4 Å². The van der Waals surface area contributed by atoms with E-state index in [4.69, 9.17) is 5.73 Å². The molecule has 1 aromatic rings. The Morgan fingerprint density at radius 2 is 2.25 bits per heavy atom. The summed E-state index contributed by atoms with van der Waals surface area (Å²) in [5.74, 6) is 0.423. The molecule has 0 saturated carbocycles. The fourth-order valence-electron chi connectivity index (χ4n) is 3.36. The molecule has 4 rings (SSSR count). The number of carbonyl (C=O) groups is 1. The van der Waals surface area contributed by atoms with Crippen molar-refractivity contribution in [3.63, 3.8) is 0 Å². The van der Waals surface area contributed by atoms with Crippen molar-refractivity contribution in [1.82, 2.24) is 14.8 Å². The highest BCUT2D eigenvalue weighted by atomic mass is 79.9. The van der Waals surface area contributed by atoms with Gasteiger partial charge in [-0.1, -0.05) is 0 Å². The highest BCUT2D eigenvalue weighted by Gasteiger charge is 2.58. The van der Waals surface area contributed by atoms with Crippen LogP contribution in [0.1, 0.15) is 29.5 Å². The summed E-state index contributed by atoms with van der Waals surface area (Å²) >= 11 is 6.98. The summed E-state index contributed by atoms with van der Waals surface area (Å²) in [4.78, 5) is 19.0. The van der Waals surface area contributed by atoms with E-state index in [1.54, 1.807) is 0 Å². The number of aromatic nitrogens is 1. The van der Waals surface area contributed by atoms with E-state index in [2.05, 4.69) is 42.2 Å². The molecule has 4 heterocycles. The van der Waals surface area contributed by atoms with Crippen molar-refractivity contribution in [3.8, 4) is 0 Å². The van der Waals surface area contributed by atoms with Crippen molar-refractivity contribution in [2.75, 3.05) is 6.54 Å². The van der Waals surface area contributed by atoms with E-state index >= 15 is 0 Å². The Labute approximate surface area is 138 Å². The summed E-state index contributed by atoms with van der Waals surface area (Å²) in [5, 5.41) is 3.21. The minimum atomic E-state index is -0.491. The fraction of sp³-hybridized carbons (Fsp3) is 0.455. The predicted octanol–water partition coefficient (Wildman–Crippen LogP) is 1.80. The lowest BCUT2D eigenvalue weighted by Gasteiger charge is -2.43. The van der Waals surface area contributed by atoms with E-state index in [1.165, 1.54) is 0 Å². The SMILES string of the molecule is Cl.NC1=N[C@H]2n3c(cc(Br)c3Br)C(=O)N3CCC[C@]23N1. The monoisotopic (exact) mass is 423 g/mol. The van der Waals surface area contributed by atoms with E-state index in [0.29, 0.717) is 11.7 Å².